The van der Waals surface area contributed by atoms with Crippen LogP contribution in [0.4, 0.5) is 10.1 Å². The molecular weight excluding hydrogens is 237 g/mol. The third kappa shape index (κ3) is 2.46. The molecule has 0 saturated carbocycles. The number of hydrogen-bond acceptors (Lipinski definition) is 3. The second kappa shape index (κ2) is 5.35. The summed E-state index contributed by atoms with van der Waals surface area (Å²) >= 11 is 0. The number of carboxylic acids is 1. The number of halogens is 1. The highest BCUT2D eigenvalue weighted by molar-refractivity contribution is 5.94. The lowest BCUT2D eigenvalue weighted by atomic mass is 10.1. The molecule has 1 N–H and O–H groups in total. The maximum atomic E-state index is 13.1. The van der Waals surface area contributed by atoms with Crippen molar-refractivity contribution in [1.29, 1.82) is 0 Å². The molecule has 1 aliphatic heterocycles. The van der Waals surface area contributed by atoms with Crippen molar-refractivity contribution < 1.29 is 19.0 Å². The zero-order chi connectivity index (χ0) is 13.1. The zero-order valence-corrected chi connectivity index (χ0v) is 10.2. The molecule has 1 aliphatic rings. The number of carbonyl (C=O) groups is 1. The van der Waals surface area contributed by atoms with Crippen molar-refractivity contribution in [2.24, 2.45) is 0 Å². The van der Waals surface area contributed by atoms with E-state index in [-0.39, 0.29) is 11.6 Å². The summed E-state index contributed by atoms with van der Waals surface area (Å²) in [5.41, 5.74) is 0.578. The first-order chi connectivity index (χ1) is 8.63. The summed E-state index contributed by atoms with van der Waals surface area (Å²) in [6, 6.07) is 4.04. The van der Waals surface area contributed by atoms with Gasteiger partial charge in [0.25, 0.3) is 0 Å². The first-order valence-corrected chi connectivity index (χ1v) is 6.00. The monoisotopic (exact) mass is 253 g/mol. The minimum atomic E-state index is -1.11. The predicted molar refractivity (Wildman–Crippen MR) is 65.6 cm³/mol. The predicted octanol–water partition coefficient (Wildman–Crippen LogP) is 2.14. The summed E-state index contributed by atoms with van der Waals surface area (Å²) < 4.78 is 18.5. The van der Waals surface area contributed by atoms with Gasteiger partial charge in [-0.2, -0.15) is 0 Å². The molecule has 1 saturated heterocycles. The second-order valence-corrected chi connectivity index (χ2v) is 4.30. The highest BCUT2D eigenvalue weighted by Crippen LogP contribution is 2.26. The smallest absolute Gasteiger partial charge is 0.337 e. The lowest BCUT2D eigenvalue weighted by molar-refractivity contribution is 0.0693. The fourth-order valence-corrected chi connectivity index (χ4v) is 2.24. The number of morpholine rings is 1. The van der Waals surface area contributed by atoms with E-state index in [0.717, 1.165) is 12.5 Å². The Hall–Kier alpha value is -1.62. The van der Waals surface area contributed by atoms with Crippen LogP contribution in [0.1, 0.15) is 23.7 Å². The van der Waals surface area contributed by atoms with E-state index in [2.05, 4.69) is 0 Å². The van der Waals surface area contributed by atoms with Crippen LogP contribution >= 0.6 is 0 Å². The molecule has 4 nitrogen and oxygen atoms in total. The Morgan fingerprint density at radius 2 is 2.39 bits per heavy atom. The number of carboxylic acid groups (broad SMARTS) is 1. The maximum Gasteiger partial charge on any atom is 0.337 e. The van der Waals surface area contributed by atoms with Crippen LogP contribution in [-0.4, -0.2) is 36.9 Å². The molecule has 0 aromatic heterocycles. The summed E-state index contributed by atoms with van der Waals surface area (Å²) in [7, 11) is 0. The molecule has 18 heavy (non-hydrogen) atoms. The van der Waals surface area contributed by atoms with Gasteiger partial charge in [-0.05, 0) is 24.6 Å². The average Bonchev–Trinajstić information content (AvgIpc) is 2.38. The second-order valence-electron chi connectivity index (χ2n) is 4.30. The molecule has 98 valence electrons. The Bertz CT molecular complexity index is 450. The van der Waals surface area contributed by atoms with Crippen molar-refractivity contribution in [3.8, 4) is 0 Å². The van der Waals surface area contributed by atoms with Crippen LogP contribution in [0.25, 0.3) is 0 Å². The number of benzene rings is 1. The van der Waals surface area contributed by atoms with E-state index in [1.807, 2.05) is 11.8 Å². The minimum Gasteiger partial charge on any atom is -0.478 e. The van der Waals surface area contributed by atoms with Crippen LogP contribution in [0.5, 0.6) is 0 Å². The molecule has 0 spiro atoms. The summed E-state index contributed by atoms with van der Waals surface area (Å²) in [5, 5.41) is 9.16. The third-order valence-electron chi connectivity index (χ3n) is 3.20. The zero-order valence-electron chi connectivity index (χ0n) is 10.2. The standard InChI is InChI=1S/C13H16FNO3/c1-2-10-8-18-6-5-15(10)12-4-3-9(14)7-11(12)13(16)17/h3-4,7,10H,2,5-6,8H2,1H3,(H,16,17). The maximum absolute atomic E-state index is 13.1. The van der Waals surface area contributed by atoms with Crippen molar-refractivity contribution in [3.63, 3.8) is 0 Å². The number of rotatable bonds is 3. The van der Waals surface area contributed by atoms with E-state index in [1.165, 1.54) is 12.1 Å². The molecule has 1 unspecified atom stereocenters. The van der Waals surface area contributed by atoms with Crippen LogP contribution in [0.15, 0.2) is 18.2 Å². The lowest BCUT2D eigenvalue weighted by Crippen LogP contribution is -2.45. The summed E-state index contributed by atoms with van der Waals surface area (Å²) in [5.74, 6) is -1.64. The van der Waals surface area contributed by atoms with Crippen molar-refractivity contribution in [2.45, 2.75) is 19.4 Å². The van der Waals surface area contributed by atoms with Gasteiger partial charge in [0.1, 0.15) is 5.82 Å². The molecule has 2 rings (SSSR count). The Labute approximate surface area is 105 Å². The molecule has 1 aromatic rings. The Morgan fingerprint density at radius 1 is 1.61 bits per heavy atom. The lowest BCUT2D eigenvalue weighted by Gasteiger charge is -2.37. The topological polar surface area (TPSA) is 49.8 Å². The summed E-state index contributed by atoms with van der Waals surface area (Å²) in [6.07, 6.45) is 0.858. The SMILES string of the molecule is CCC1COCCN1c1ccc(F)cc1C(=O)O. The van der Waals surface area contributed by atoms with Crippen molar-refractivity contribution in [2.75, 3.05) is 24.7 Å². The Morgan fingerprint density at radius 3 is 3.06 bits per heavy atom. The van der Waals surface area contributed by atoms with Gasteiger partial charge >= 0.3 is 5.97 Å². The number of nitrogens with zero attached hydrogens (tertiary/aromatic N) is 1. The van der Waals surface area contributed by atoms with Gasteiger partial charge in [0, 0.05) is 6.54 Å². The van der Waals surface area contributed by atoms with E-state index in [9.17, 15) is 9.18 Å². The van der Waals surface area contributed by atoms with Gasteiger partial charge in [0.15, 0.2) is 0 Å². The number of anilines is 1. The van der Waals surface area contributed by atoms with Crippen LogP contribution in [0.3, 0.4) is 0 Å². The van der Waals surface area contributed by atoms with Crippen LogP contribution in [0, 0.1) is 5.82 Å². The van der Waals surface area contributed by atoms with Crippen molar-refractivity contribution >= 4 is 11.7 Å². The normalized spacial score (nSPS) is 19.9. The third-order valence-corrected chi connectivity index (χ3v) is 3.20. The van der Waals surface area contributed by atoms with Gasteiger partial charge < -0.3 is 14.7 Å². The van der Waals surface area contributed by atoms with Crippen molar-refractivity contribution in [1.82, 2.24) is 0 Å². The summed E-state index contributed by atoms with van der Waals surface area (Å²) in [6.45, 7) is 3.79. The van der Waals surface area contributed by atoms with Crippen molar-refractivity contribution in [3.05, 3.63) is 29.6 Å². The van der Waals surface area contributed by atoms with Crippen LogP contribution in [0.2, 0.25) is 0 Å². The highest BCUT2D eigenvalue weighted by Gasteiger charge is 2.25. The average molecular weight is 253 g/mol. The van der Waals surface area contributed by atoms with E-state index in [4.69, 9.17) is 9.84 Å². The van der Waals surface area contributed by atoms with Gasteiger partial charge in [-0.3, -0.25) is 0 Å². The van der Waals surface area contributed by atoms with Gasteiger partial charge in [0.05, 0.1) is 30.5 Å². The first kappa shape index (κ1) is 12.8. The van der Waals surface area contributed by atoms with Crippen LogP contribution in [-0.2, 0) is 4.74 Å². The van der Waals surface area contributed by atoms with E-state index < -0.39 is 11.8 Å². The van der Waals surface area contributed by atoms with Crippen LogP contribution < -0.4 is 4.90 Å². The van der Waals surface area contributed by atoms with E-state index in [1.54, 1.807) is 0 Å². The molecule has 5 heteroatoms. The van der Waals surface area contributed by atoms with Gasteiger partial charge in [-0.15, -0.1) is 0 Å². The van der Waals surface area contributed by atoms with E-state index >= 15 is 0 Å². The molecule has 1 aromatic carbocycles. The molecule has 0 amide bonds. The van der Waals surface area contributed by atoms with E-state index in [0.29, 0.717) is 25.4 Å². The number of ether oxygens (including phenoxy) is 1. The van der Waals surface area contributed by atoms with Gasteiger partial charge in [-0.1, -0.05) is 6.92 Å². The molecule has 0 aliphatic carbocycles. The highest BCUT2D eigenvalue weighted by atomic mass is 19.1. The molecular formula is C13H16FNO3. The molecule has 1 heterocycles. The molecule has 0 bridgehead atoms. The number of hydrogen-bond donors (Lipinski definition) is 1. The van der Waals surface area contributed by atoms with Gasteiger partial charge in [-0.25, -0.2) is 9.18 Å². The minimum absolute atomic E-state index is 0.00958. The molecule has 1 atom stereocenters. The fourth-order valence-electron chi connectivity index (χ4n) is 2.24. The Balaban J connectivity index is 2.39. The molecule has 1 fully saturated rings. The largest absolute Gasteiger partial charge is 0.478 e. The molecule has 0 radical (unpaired) electrons. The fraction of sp³-hybridized carbons (Fsp3) is 0.462. The van der Waals surface area contributed by atoms with Gasteiger partial charge in [0.2, 0.25) is 0 Å². The Kier molecular flexibility index (Phi) is 3.81. The number of aromatic carboxylic acids is 1. The summed E-state index contributed by atoms with van der Waals surface area (Å²) in [4.78, 5) is 13.2. The first-order valence-electron chi connectivity index (χ1n) is 6.00. The quantitative estimate of drug-likeness (QED) is 0.896.